The van der Waals surface area contributed by atoms with Gasteiger partial charge in [-0.25, -0.2) is 28.0 Å². The van der Waals surface area contributed by atoms with E-state index in [0.717, 1.165) is 85.4 Å². The molecule has 10 nitrogen and oxygen atoms in total. The van der Waals surface area contributed by atoms with Crippen molar-refractivity contribution in [1.82, 2.24) is 0 Å². The zero-order valence-corrected chi connectivity index (χ0v) is 34.6. The Kier molecular flexibility index (Phi) is 18.0. The molecular formula is C50H48F2O10. The number of rotatable bonds is 22. The maximum atomic E-state index is 15.0. The minimum atomic E-state index is -1.08. The molecule has 0 fully saturated rings. The molecule has 5 aromatic rings. The molecule has 322 valence electrons. The molecule has 0 unspecified atom stereocenters. The van der Waals surface area contributed by atoms with Gasteiger partial charge in [0.05, 0.1) is 24.3 Å². The van der Waals surface area contributed by atoms with Crippen molar-refractivity contribution in [3.8, 4) is 34.5 Å². The zero-order chi connectivity index (χ0) is 44.1. The van der Waals surface area contributed by atoms with Crippen molar-refractivity contribution in [2.75, 3.05) is 13.2 Å². The van der Waals surface area contributed by atoms with Crippen LogP contribution < -0.4 is 28.4 Å². The minimum absolute atomic E-state index is 0.107. The summed E-state index contributed by atoms with van der Waals surface area (Å²) in [5.41, 5.74) is 0.541. The van der Waals surface area contributed by atoms with Gasteiger partial charge in [0.2, 0.25) is 0 Å². The zero-order valence-electron chi connectivity index (χ0n) is 34.6. The van der Waals surface area contributed by atoms with Crippen LogP contribution in [-0.4, -0.2) is 37.1 Å². The number of hydrogen-bond acceptors (Lipinski definition) is 10. The topological polar surface area (TPSA) is 124 Å². The second kappa shape index (κ2) is 24.2. The number of hydrogen-bond donors (Lipinski definition) is 0. The summed E-state index contributed by atoms with van der Waals surface area (Å²) >= 11 is 0. The van der Waals surface area contributed by atoms with Crippen LogP contribution in [0.4, 0.5) is 8.78 Å². The molecular weight excluding hydrogens is 799 g/mol. The van der Waals surface area contributed by atoms with Crippen molar-refractivity contribution in [3.05, 3.63) is 155 Å². The summed E-state index contributed by atoms with van der Waals surface area (Å²) in [6.07, 6.45) is 14.3. The molecule has 0 aliphatic heterocycles. The van der Waals surface area contributed by atoms with E-state index in [0.29, 0.717) is 13.2 Å². The fraction of sp³-hybridized carbons (Fsp3) is 0.240. The smallest absolute Gasteiger partial charge is 0.346 e. The van der Waals surface area contributed by atoms with Crippen LogP contribution in [0.25, 0.3) is 12.2 Å². The van der Waals surface area contributed by atoms with Gasteiger partial charge in [0.15, 0.2) is 0 Å². The molecule has 0 amide bonds. The molecule has 0 spiro atoms. The highest BCUT2D eigenvalue weighted by Gasteiger charge is 2.19. The van der Waals surface area contributed by atoms with Crippen molar-refractivity contribution < 1.29 is 56.4 Å². The monoisotopic (exact) mass is 846 g/mol. The number of unbranched alkanes of at least 4 members (excludes halogenated alkanes) is 6. The van der Waals surface area contributed by atoms with E-state index in [4.69, 9.17) is 28.4 Å². The average molecular weight is 847 g/mol. The summed E-state index contributed by atoms with van der Waals surface area (Å²) in [4.78, 5) is 50.5. The molecule has 5 aromatic carbocycles. The second-order valence-corrected chi connectivity index (χ2v) is 14.0. The van der Waals surface area contributed by atoms with Crippen LogP contribution in [0.1, 0.15) is 97.1 Å². The number of benzene rings is 5. The predicted octanol–water partition coefficient (Wildman–Crippen LogP) is 11.6. The third kappa shape index (κ3) is 15.2. The quantitative estimate of drug-likeness (QED) is 0.0288. The lowest BCUT2D eigenvalue weighted by Gasteiger charge is -2.09. The Bertz CT molecular complexity index is 2180. The molecule has 0 radical (unpaired) electrons. The highest BCUT2D eigenvalue weighted by atomic mass is 19.1. The van der Waals surface area contributed by atoms with Crippen LogP contribution in [0.5, 0.6) is 34.5 Å². The van der Waals surface area contributed by atoms with Crippen molar-refractivity contribution in [2.24, 2.45) is 0 Å². The molecule has 62 heavy (non-hydrogen) atoms. The van der Waals surface area contributed by atoms with E-state index in [1.807, 2.05) is 0 Å². The van der Waals surface area contributed by atoms with E-state index in [1.54, 1.807) is 60.7 Å². The average Bonchev–Trinajstić information content (AvgIpc) is 3.26. The van der Waals surface area contributed by atoms with Gasteiger partial charge in [0, 0.05) is 30.4 Å². The Morgan fingerprint density at radius 1 is 0.452 bits per heavy atom. The van der Waals surface area contributed by atoms with E-state index in [-0.39, 0.29) is 23.0 Å². The first-order chi connectivity index (χ1) is 30.1. The lowest BCUT2D eigenvalue weighted by atomic mass is 10.2. The number of carbonyl (C=O) groups is 4. The van der Waals surface area contributed by atoms with Crippen molar-refractivity contribution >= 4 is 36.0 Å². The Hall–Kier alpha value is -7.08. The van der Waals surface area contributed by atoms with E-state index < -0.39 is 46.6 Å². The first-order valence-corrected chi connectivity index (χ1v) is 20.5. The molecule has 5 rings (SSSR count). The van der Waals surface area contributed by atoms with Gasteiger partial charge in [-0.3, -0.25) is 0 Å². The summed E-state index contributed by atoms with van der Waals surface area (Å²) < 4.78 is 62.4. The number of esters is 4. The first kappa shape index (κ1) is 46.0. The lowest BCUT2D eigenvalue weighted by molar-refractivity contribution is -0.129. The largest absolute Gasteiger partial charge is 0.494 e. The van der Waals surface area contributed by atoms with Crippen molar-refractivity contribution in [2.45, 2.75) is 65.2 Å². The third-order valence-electron chi connectivity index (χ3n) is 9.10. The molecule has 0 saturated carbocycles. The molecule has 12 heteroatoms. The standard InChI is InChI=1S/C50H48F2O10/c1-3-5-7-9-30-57-37-20-14-35(15-21-37)18-28-47(53)59-41-24-26-43(45(51)33-41)49(55)61-39-12-11-13-40(32-39)62-50(56)44-27-25-42(34-46(44)52)60-48(54)29-19-36-16-22-38(23-17-36)58-31-10-8-6-4-2/h11-29,32-34H,3-10,30-31H2,1-2H3/b28-18+,29-19+. The summed E-state index contributed by atoms with van der Waals surface area (Å²) in [6.45, 7) is 5.57. The van der Waals surface area contributed by atoms with Crippen LogP contribution in [0, 0.1) is 11.6 Å². The summed E-state index contributed by atoms with van der Waals surface area (Å²) in [5, 5.41) is 0. The first-order valence-electron chi connectivity index (χ1n) is 20.5. The van der Waals surface area contributed by atoms with E-state index in [9.17, 15) is 28.0 Å². The molecule has 0 heterocycles. The molecule has 0 bridgehead atoms. The van der Waals surface area contributed by atoms with Gasteiger partial charge in [0.25, 0.3) is 0 Å². The minimum Gasteiger partial charge on any atom is -0.494 e. The second-order valence-electron chi connectivity index (χ2n) is 14.0. The van der Waals surface area contributed by atoms with E-state index in [2.05, 4.69) is 13.8 Å². The molecule has 0 N–H and O–H groups in total. The molecule has 0 saturated heterocycles. The Balaban J connectivity index is 1.08. The van der Waals surface area contributed by atoms with Gasteiger partial charge < -0.3 is 28.4 Å². The summed E-state index contributed by atoms with van der Waals surface area (Å²) in [6, 6.07) is 26.1. The van der Waals surface area contributed by atoms with Gasteiger partial charge in [-0.05, 0) is 96.8 Å². The number of carbonyl (C=O) groups excluding carboxylic acids is 4. The highest BCUT2D eigenvalue weighted by Crippen LogP contribution is 2.25. The molecule has 0 atom stereocenters. The Morgan fingerprint density at radius 2 is 0.839 bits per heavy atom. The number of halogens is 2. The van der Waals surface area contributed by atoms with Gasteiger partial charge in [-0.15, -0.1) is 0 Å². The number of ether oxygens (including phenoxy) is 6. The summed E-state index contributed by atoms with van der Waals surface area (Å²) in [5.74, 6) is -4.75. The SMILES string of the molecule is CCCCCCOc1ccc(/C=C/C(=O)Oc2ccc(C(=O)Oc3cccc(OC(=O)c4ccc(OC(=O)/C=C/c5ccc(OCCCCCC)cc5)cc4F)c3)c(F)c2)cc1. The van der Waals surface area contributed by atoms with Crippen LogP contribution in [0.3, 0.4) is 0 Å². The van der Waals surface area contributed by atoms with Crippen LogP contribution >= 0.6 is 0 Å². The maximum absolute atomic E-state index is 15.0. The molecule has 0 aliphatic rings. The fourth-order valence-corrected chi connectivity index (χ4v) is 5.79. The van der Waals surface area contributed by atoms with Crippen LogP contribution in [0.15, 0.2) is 121 Å². The highest BCUT2D eigenvalue weighted by molar-refractivity contribution is 5.93. The van der Waals surface area contributed by atoms with Gasteiger partial charge in [-0.1, -0.05) is 82.7 Å². The Morgan fingerprint density at radius 3 is 1.23 bits per heavy atom. The van der Waals surface area contributed by atoms with Crippen molar-refractivity contribution in [3.63, 3.8) is 0 Å². The van der Waals surface area contributed by atoms with Gasteiger partial charge in [0.1, 0.15) is 46.1 Å². The van der Waals surface area contributed by atoms with E-state index >= 15 is 0 Å². The van der Waals surface area contributed by atoms with E-state index in [1.165, 1.54) is 61.4 Å². The predicted molar refractivity (Wildman–Crippen MR) is 231 cm³/mol. The maximum Gasteiger partial charge on any atom is 0.346 e. The normalized spacial score (nSPS) is 11.0. The fourth-order valence-electron chi connectivity index (χ4n) is 5.79. The summed E-state index contributed by atoms with van der Waals surface area (Å²) in [7, 11) is 0. The van der Waals surface area contributed by atoms with Crippen LogP contribution in [0.2, 0.25) is 0 Å². The third-order valence-corrected chi connectivity index (χ3v) is 9.10. The lowest BCUT2D eigenvalue weighted by Crippen LogP contribution is -2.13. The van der Waals surface area contributed by atoms with Gasteiger partial charge in [-0.2, -0.15) is 0 Å². The molecule has 0 aromatic heterocycles. The van der Waals surface area contributed by atoms with Gasteiger partial charge >= 0.3 is 23.9 Å². The molecule has 0 aliphatic carbocycles. The van der Waals surface area contributed by atoms with Crippen molar-refractivity contribution in [1.29, 1.82) is 0 Å². The Labute approximate surface area is 359 Å². The van der Waals surface area contributed by atoms with Crippen LogP contribution in [-0.2, 0) is 9.59 Å².